The second kappa shape index (κ2) is 4.55. The number of carbonyl (C=O) groups is 1. The topological polar surface area (TPSA) is 26.3 Å². The van der Waals surface area contributed by atoms with Gasteiger partial charge in [-0.1, -0.05) is 20.3 Å². The van der Waals surface area contributed by atoms with Gasteiger partial charge in [0.05, 0.1) is 0 Å². The predicted octanol–water partition coefficient (Wildman–Crippen LogP) is 0.246. The van der Waals surface area contributed by atoms with Crippen LogP contribution in [0.3, 0.4) is 0 Å². The molecule has 0 rings (SSSR count). The first-order valence-electron chi connectivity index (χ1n) is 3.27. The molecule has 0 aliphatic rings. The molecule has 0 N–H and O–H groups in total. The largest absolute Gasteiger partial charge is 0.529 e. The first-order valence-corrected chi connectivity index (χ1v) is 4.09. The van der Waals surface area contributed by atoms with Gasteiger partial charge in [-0.05, 0) is 5.92 Å². The van der Waals surface area contributed by atoms with Crippen LogP contribution >= 0.6 is 0 Å². The highest BCUT2D eigenvalue weighted by Gasteiger charge is 2.04. The Balaban J connectivity index is 3.34. The molecule has 0 heterocycles. The van der Waals surface area contributed by atoms with Crippen LogP contribution in [-0.2, 0) is 9.22 Å². The van der Waals surface area contributed by atoms with Crippen molar-refractivity contribution in [3.8, 4) is 0 Å². The van der Waals surface area contributed by atoms with Crippen LogP contribution in [0.2, 0.25) is 0 Å². The van der Waals surface area contributed by atoms with Crippen molar-refractivity contribution in [2.24, 2.45) is 5.92 Å². The van der Waals surface area contributed by atoms with E-state index < -0.39 is 0 Å². The van der Waals surface area contributed by atoms with Crippen molar-refractivity contribution < 1.29 is 9.22 Å². The molecule has 54 valence electrons. The zero-order valence-corrected chi connectivity index (χ0v) is 8.31. The third-order valence-electron chi connectivity index (χ3n) is 1.44. The highest BCUT2D eigenvalue weighted by molar-refractivity contribution is 6.05. The summed E-state index contributed by atoms with van der Waals surface area (Å²) in [5.74, 6) is 0.433. The van der Waals surface area contributed by atoms with Crippen LogP contribution < -0.4 is 0 Å². The van der Waals surface area contributed by atoms with Crippen LogP contribution in [0.15, 0.2) is 0 Å². The lowest BCUT2D eigenvalue weighted by atomic mass is 10.1. The normalized spacial score (nSPS) is 13.1. The van der Waals surface area contributed by atoms with Gasteiger partial charge in [-0.15, -0.1) is 0 Å². The summed E-state index contributed by atoms with van der Waals surface area (Å²) in [7, 11) is 0.531. The van der Waals surface area contributed by atoms with Crippen molar-refractivity contribution in [1.82, 2.24) is 0 Å². The van der Waals surface area contributed by atoms with Crippen molar-refractivity contribution in [1.29, 1.82) is 0 Å². The highest BCUT2D eigenvalue weighted by atomic mass is 28.2. The van der Waals surface area contributed by atoms with Gasteiger partial charge in [-0.3, -0.25) is 4.79 Å². The number of hydrogen-bond acceptors (Lipinski definition) is 2. The van der Waals surface area contributed by atoms with Crippen molar-refractivity contribution in [2.75, 3.05) is 0 Å². The Bertz CT molecular complexity index is 93.1. The molecule has 1 atom stereocenters. The van der Waals surface area contributed by atoms with Crippen LogP contribution in [-0.4, -0.2) is 16.5 Å². The highest BCUT2D eigenvalue weighted by Crippen LogP contribution is 2.05. The summed E-state index contributed by atoms with van der Waals surface area (Å²) in [6, 6.07) is 0. The SMILES string of the molecule is CCC(C)CC(=O)O[SiH3]. The van der Waals surface area contributed by atoms with E-state index in [9.17, 15) is 4.79 Å². The van der Waals surface area contributed by atoms with Crippen LogP contribution in [0.4, 0.5) is 0 Å². The van der Waals surface area contributed by atoms with Gasteiger partial charge in [0.25, 0.3) is 5.97 Å². The average molecular weight is 146 g/mol. The van der Waals surface area contributed by atoms with Crippen LogP contribution in [0.25, 0.3) is 0 Å². The lowest BCUT2D eigenvalue weighted by Crippen LogP contribution is -2.06. The van der Waals surface area contributed by atoms with Gasteiger partial charge in [0, 0.05) is 6.42 Å². The van der Waals surface area contributed by atoms with Crippen LogP contribution in [0, 0.1) is 5.92 Å². The quantitative estimate of drug-likeness (QED) is 0.533. The minimum absolute atomic E-state index is 0.0454. The second-order valence-electron chi connectivity index (χ2n) is 2.29. The summed E-state index contributed by atoms with van der Waals surface area (Å²) in [6.07, 6.45) is 1.64. The van der Waals surface area contributed by atoms with E-state index in [-0.39, 0.29) is 5.97 Å². The summed E-state index contributed by atoms with van der Waals surface area (Å²) in [4.78, 5) is 10.6. The predicted molar refractivity (Wildman–Crippen MR) is 40.1 cm³/mol. The first-order chi connectivity index (χ1) is 4.20. The van der Waals surface area contributed by atoms with E-state index in [1.807, 2.05) is 0 Å². The smallest absolute Gasteiger partial charge is 0.292 e. The molecule has 0 saturated carbocycles. The van der Waals surface area contributed by atoms with E-state index in [4.69, 9.17) is 0 Å². The molecule has 3 heteroatoms. The molecular formula is C6H14O2Si. The molecule has 0 aliphatic heterocycles. The molecular weight excluding hydrogens is 132 g/mol. The number of carbonyl (C=O) groups excluding carboxylic acids is 1. The van der Waals surface area contributed by atoms with Gasteiger partial charge in [-0.2, -0.15) is 0 Å². The molecule has 0 spiro atoms. The Morgan fingerprint density at radius 1 is 1.78 bits per heavy atom. The number of rotatable bonds is 3. The third kappa shape index (κ3) is 4.21. The maximum absolute atomic E-state index is 10.6. The molecule has 1 unspecified atom stereocenters. The van der Waals surface area contributed by atoms with Gasteiger partial charge in [0.15, 0.2) is 0 Å². The fourth-order valence-electron chi connectivity index (χ4n) is 0.512. The van der Waals surface area contributed by atoms with E-state index in [0.717, 1.165) is 6.42 Å². The van der Waals surface area contributed by atoms with E-state index in [1.165, 1.54) is 0 Å². The molecule has 0 aromatic carbocycles. The van der Waals surface area contributed by atoms with Crippen molar-refractivity contribution >= 4 is 16.5 Å². The third-order valence-corrected chi connectivity index (χ3v) is 1.90. The maximum atomic E-state index is 10.6. The monoisotopic (exact) mass is 146 g/mol. The molecule has 0 amide bonds. The molecule has 0 bridgehead atoms. The molecule has 0 saturated heterocycles. The molecule has 0 aromatic rings. The van der Waals surface area contributed by atoms with Crippen molar-refractivity contribution in [3.05, 3.63) is 0 Å². The molecule has 0 aliphatic carbocycles. The fourth-order valence-corrected chi connectivity index (χ4v) is 0.679. The zero-order chi connectivity index (χ0) is 7.28. The average Bonchev–Trinajstić information content (AvgIpc) is 1.87. The first kappa shape index (κ1) is 8.69. The van der Waals surface area contributed by atoms with Crippen molar-refractivity contribution in [3.63, 3.8) is 0 Å². The summed E-state index contributed by atoms with van der Waals surface area (Å²) < 4.78 is 4.62. The van der Waals surface area contributed by atoms with Crippen LogP contribution in [0.5, 0.6) is 0 Å². The van der Waals surface area contributed by atoms with E-state index in [2.05, 4.69) is 18.3 Å². The maximum Gasteiger partial charge on any atom is 0.292 e. The summed E-state index contributed by atoms with van der Waals surface area (Å²) in [5.41, 5.74) is 0. The Hall–Kier alpha value is -0.313. The standard InChI is InChI=1S/C6H14O2Si/c1-3-5(2)4-6(7)8-9/h5H,3-4H2,1-2,9H3. The molecule has 0 fully saturated rings. The Kier molecular flexibility index (Phi) is 4.40. The Morgan fingerprint density at radius 3 is 2.67 bits per heavy atom. The van der Waals surface area contributed by atoms with Gasteiger partial charge < -0.3 is 4.43 Å². The molecule has 0 aromatic heterocycles. The lowest BCUT2D eigenvalue weighted by molar-refractivity contribution is -0.134. The molecule has 0 radical (unpaired) electrons. The summed E-state index contributed by atoms with van der Waals surface area (Å²) in [5, 5.41) is 0. The van der Waals surface area contributed by atoms with Crippen molar-refractivity contribution in [2.45, 2.75) is 26.7 Å². The van der Waals surface area contributed by atoms with Gasteiger partial charge in [0.1, 0.15) is 0 Å². The zero-order valence-electron chi connectivity index (χ0n) is 6.31. The minimum atomic E-state index is -0.0454. The van der Waals surface area contributed by atoms with E-state index >= 15 is 0 Å². The van der Waals surface area contributed by atoms with E-state index in [0.29, 0.717) is 22.8 Å². The summed E-state index contributed by atoms with van der Waals surface area (Å²) >= 11 is 0. The van der Waals surface area contributed by atoms with Gasteiger partial charge in [0.2, 0.25) is 10.5 Å². The second-order valence-corrected chi connectivity index (χ2v) is 2.70. The molecule has 2 nitrogen and oxygen atoms in total. The minimum Gasteiger partial charge on any atom is -0.529 e. The Morgan fingerprint density at radius 2 is 2.33 bits per heavy atom. The van der Waals surface area contributed by atoms with Gasteiger partial charge in [-0.25, -0.2) is 0 Å². The molecule has 9 heavy (non-hydrogen) atoms. The summed E-state index contributed by atoms with van der Waals surface area (Å²) in [6.45, 7) is 4.13. The fraction of sp³-hybridized carbons (Fsp3) is 0.833. The van der Waals surface area contributed by atoms with E-state index in [1.54, 1.807) is 0 Å². The van der Waals surface area contributed by atoms with Gasteiger partial charge >= 0.3 is 0 Å². The Labute approximate surface area is 59.1 Å². The lowest BCUT2D eigenvalue weighted by Gasteiger charge is -2.04. The van der Waals surface area contributed by atoms with Crippen LogP contribution in [0.1, 0.15) is 26.7 Å². The number of hydrogen-bond donors (Lipinski definition) is 0.